The number of anilines is 1. The van der Waals surface area contributed by atoms with E-state index < -0.39 is 0 Å². The number of methoxy groups -OCH3 is 5. The number of carbonyl (C=O) groups excluding carboxylic acids is 1. The summed E-state index contributed by atoms with van der Waals surface area (Å²) in [7, 11) is 7.65. The molecule has 0 fully saturated rings. The van der Waals surface area contributed by atoms with Gasteiger partial charge in [-0.25, -0.2) is 0 Å². The number of rotatable bonds is 9. The predicted molar refractivity (Wildman–Crippen MR) is 117 cm³/mol. The summed E-state index contributed by atoms with van der Waals surface area (Å²) < 4.78 is 27.2. The fourth-order valence-corrected chi connectivity index (χ4v) is 3.15. The summed E-state index contributed by atoms with van der Waals surface area (Å²) in [6.45, 7) is 3.88. The van der Waals surface area contributed by atoms with Crippen molar-refractivity contribution >= 4 is 17.5 Å². The number of hydrogen-bond donors (Lipinski definition) is 1. The van der Waals surface area contributed by atoms with E-state index in [2.05, 4.69) is 0 Å². The largest absolute Gasteiger partial charge is 0.496 e. The van der Waals surface area contributed by atoms with Gasteiger partial charge in [-0.1, -0.05) is 13.8 Å². The standard InChI is InChI=1S/C23H29NO6/c1-13(2)15(21(25)14-8-9-18(26-3)17(24)10-14)11-16-19(27-4)12-20(28-5)23(30-7)22(16)29-6/h8-13H,24H2,1-7H3/b15-11+. The molecule has 0 amide bonds. The van der Waals surface area contributed by atoms with E-state index in [4.69, 9.17) is 29.4 Å². The van der Waals surface area contributed by atoms with Crippen LogP contribution in [0.5, 0.6) is 28.7 Å². The minimum atomic E-state index is -0.154. The average Bonchev–Trinajstić information content (AvgIpc) is 2.75. The number of ketones is 1. The van der Waals surface area contributed by atoms with Crippen LogP contribution in [-0.2, 0) is 0 Å². The Kier molecular flexibility index (Phi) is 7.58. The Hall–Kier alpha value is -3.35. The number of allylic oxidation sites excluding steroid dienone is 1. The van der Waals surface area contributed by atoms with Crippen molar-refractivity contribution in [3.63, 3.8) is 0 Å². The van der Waals surface area contributed by atoms with Crippen LogP contribution < -0.4 is 29.4 Å². The van der Waals surface area contributed by atoms with Crippen LogP contribution in [0.15, 0.2) is 29.8 Å². The molecular formula is C23H29NO6. The maximum atomic E-state index is 13.3. The van der Waals surface area contributed by atoms with Gasteiger partial charge in [0.2, 0.25) is 5.75 Å². The summed E-state index contributed by atoms with van der Waals surface area (Å²) >= 11 is 0. The molecule has 0 bridgehead atoms. The minimum absolute atomic E-state index is 0.0802. The SMILES string of the molecule is COc1ccc(C(=O)/C(=C/c2c(OC)cc(OC)c(OC)c2OC)C(C)C)cc1N. The molecule has 0 atom stereocenters. The van der Waals surface area contributed by atoms with Gasteiger partial charge in [0.15, 0.2) is 17.3 Å². The molecule has 0 radical (unpaired) electrons. The lowest BCUT2D eigenvalue weighted by Gasteiger charge is -2.19. The lowest BCUT2D eigenvalue weighted by molar-refractivity contribution is 0.102. The third kappa shape index (κ3) is 4.45. The molecule has 2 aromatic carbocycles. The first-order chi connectivity index (χ1) is 14.3. The second-order valence-electron chi connectivity index (χ2n) is 6.80. The van der Waals surface area contributed by atoms with E-state index in [-0.39, 0.29) is 11.7 Å². The molecular weight excluding hydrogens is 386 g/mol. The van der Waals surface area contributed by atoms with Crippen LogP contribution in [-0.4, -0.2) is 41.3 Å². The van der Waals surface area contributed by atoms with Gasteiger partial charge in [0.05, 0.1) is 46.8 Å². The molecule has 0 saturated carbocycles. The highest BCUT2D eigenvalue weighted by Crippen LogP contribution is 2.46. The molecule has 0 aliphatic carbocycles. The van der Waals surface area contributed by atoms with Crippen molar-refractivity contribution in [2.75, 3.05) is 41.3 Å². The number of ether oxygens (including phenoxy) is 5. The smallest absolute Gasteiger partial charge is 0.204 e. The summed E-state index contributed by atoms with van der Waals surface area (Å²) in [6, 6.07) is 6.68. The van der Waals surface area contributed by atoms with Crippen molar-refractivity contribution < 1.29 is 28.5 Å². The van der Waals surface area contributed by atoms with Gasteiger partial charge in [-0.15, -0.1) is 0 Å². The van der Waals surface area contributed by atoms with Gasteiger partial charge in [0.1, 0.15) is 11.5 Å². The van der Waals surface area contributed by atoms with E-state index in [0.29, 0.717) is 51.1 Å². The fraction of sp³-hybridized carbons (Fsp3) is 0.348. The van der Waals surface area contributed by atoms with Gasteiger partial charge >= 0.3 is 0 Å². The number of hydrogen-bond acceptors (Lipinski definition) is 7. The highest BCUT2D eigenvalue weighted by atomic mass is 16.5. The van der Waals surface area contributed by atoms with Gasteiger partial charge in [0, 0.05) is 17.2 Å². The summed E-state index contributed by atoms with van der Waals surface area (Å²) in [5.74, 6) is 2.06. The van der Waals surface area contributed by atoms with Crippen molar-refractivity contribution in [1.29, 1.82) is 0 Å². The van der Waals surface area contributed by atoms with Crippen molar-refractivity contribution in [3.8, 4) is 28.7 Å². The topological polar surface area (TPSA) is 89.2 Å². The first-order valence-electron chi connectivity index (χ1n) is 9.39. The monoisotopic (exact) mass is 415 g/mol. The minimum Gasteiger partial charge on any atom is -0.496 e. The highest BCUT2D eigenvalue weighted by molar-refractivity contribution is 6.12. The molecule has 0 unspecified atom stereocenters. The number of Topliss-reactive ketones (excluding diaryl/α,β-unsaturated/α-hetero) is 1. The second-order valence-corrected chi connectivity index (χ2v) is 6.80. The average molecular weight is 415 g/mol. The Morgan fingerprint density at radius 2 is 1.43 bits per heavy atom. The van der Waals surface area contributed by atoms with Crippen molar-refractivity contribution in [2.24, 2.45) is 5.92 Å². The first kappa shape index (κ1) is 22.9. The summed E-state index contributed by atoms with van der Waals surface area (Å²) in [4.78, 5) is 13.3. The zero-order valence-corrected chi connectivity index (χ0v) is 18.5. The number of nitrogens with two attached hydrogens (primary N) is 1. The molecule has 0 heterocycles. The van der Waals surface area contributed by atoms with Crippen LogP contribution in [0.2, 0.25) is 0 Å². The van der Waals surface area contributed by atoms with Crippen molar-refractivity contribution in [2.45, 2.75) is 13.8 Å². The lowest BCUT2D eigenvalue weighted by Crippen LogP contribution is -2.10. The van der Waals surface area contributed by atoms with E-state index in [1.807, 2.05) is 13.8 Å². The maximum absolute atomic E-state index is 13.3. The van der Waals surface area contributed by atoms with Crippen LogP contribution in [0.3, 0.4) is 0 Å². The zero-order chi connectivity index (χ0) is 22.4. The summed E-state index contributed by atoms with van der Waals surface area (Å²) in [5, 5.41) is 0. The summed E-state index contributed by atoms with van der Waals surface area (Å²) in [6.07, 6.45) is 1.76. The van der Waals surface area contributed by atoms with Gasteiger partial charge in [-0.2, -0.15) is 0 Å². The molecule has 0 aliphatic rings. The van der Waals surface area contributed by atoms with Gasteiger partial charge in [0.25, 0.3) is 0 Å². The van der Waals surface area contributed by atoms with Gasteiger partial charge in [-0.05, 0) is 30.2 Å². The van der Waals surface area contributed by atoms with E-state index in [1.54, 1.807) is 37.5 Å². The van der Waals surface area contributed by atoms with Crippen LogP contribution in [0, 0.1) is 5.92 Å². The zero-order valence-electron chi connectivity index (χ0n) is 18.5. The number of benzene rings is 2. The second kappa shape index (κ2) is 9.91. The predicted octanol–water partition coefficient (Wildman–Crippen LogP) is 4.23. The first-order valence-corrected chi connectivity index (χ1v) is 9.39. The van der Waals surface area contributed by atoms with Gasteiger partial charge < -0.3 is 29.4 Å². The molecule has 7 nitrogen and oxygen atoms in total. The molecule has 30 heavy (non-hydrogen) atoms. The third-order valence-electron chi connectivity index (χ3n) is 4.73. The van der Waals surface area contributed by atoms with E-state index >= 15 is 0 Å². The summed E-state index contributed by atoms with van der Waals surface area (Å²) in [5.41, 5.74) is 7.99. The maximum Gasteiger partial charge on any atom is 0.204 e. The van der Waals surface area contributed by atoms with Gasteiger partial charge in [-0.3, -0.25) is 4.79 Å². The Balaban J connectivity index is 2.69. The molecule has 0 aromatic heterocycles. The van der Waals surface area contributed by atoms with Crippen LogP contribution in [0.25, 0.3) is 6.08 Å². The molecule has 2 N–H and O–H groups in total. The van der Waals surface area contributed by atoms with E-state index in [0.717, 1.165) is 0 Å². The normalized spacial score (nSPS) is 11.3. The Bertz CT molecular complexity index is 949. The Morgan fingerprint density at radius 3 is 1.90 bits per heavy atom. The van der Waals surface area contributed by atoms with E-state index in [9.17, 15) is 4.79 Å². The fourth-order valence-electron chi connectivity index (χ4n) is 3.15. The lowest BCUT2D eigenvalue weighted by atomic mass is 9.91. The van der Waals surface area contributed by atoms with Crippen molar-refractivity contribution in [1.82, 2.24) is 0 Å². The number of carbonyl (C=O) groups is 1. The quantitative estimate of drug-likeness (QED) is 0.372. The molecule has 2 aromatic rings. The van der Waals surface area contributed by atoms with Crippen LogP contribution in [0.4, 0.5) is 5.69 Å². The van der Waals surface area contributed by atoms with Crippen molar-refractivity contribution in [3.05, 3.63) is 41.0 Å². The third-order valence-corrected chi connectivity index (χ3v) is 4.73. The number of nitrogen functional groups attached to an aromatic ring is 1. The molecule has 7 heteroatoms. The Morgan fingerprint density at radius 1 is 0.833 bits per heavy atom. The molecule has 2 rings (SSSR count). The molecule has 0 saturated heterocycles. The van der Waals surface area contributed by atoms with E-state index in [1.165, 1.54) is 28.4 Å². The molecule has 162 valence electrons. The van der Waals surface area contributed by atoms with Crippen LogP contribution >= 0.6 is 0 Å². The highest BCUT2D eigenvalue weighted by Gasteiger charge is 2.23. The van der Waals surface area contributed by atoms with Crippen LogP contribution in [0.1, 0.15) is 29.8 Å². The molecule has 0 spiro atoms. The molecule has 0 aliphatic heterocycles. The Labute approximate surface area is 177 Å².